The summed E-state index contributed by atoms with van der Waals surface area (Å²) in [6.45, 7) is 0.877. The van der Waals surface area contributed by atoms with Crippen molar-refractivity contribution in [2.75, 3.05) is 31.1 Å². The molecule has 0 spiro atoms. The predicted octanol–water partition coefficient (Wildman–Crippen LogP) is 2.50. The van der Waals surface area contributed by atoms with Crippen LogP contribution in [0.3, 0.4) is 0 Å². The molecule has 1 saturated heterocycles. The van der Waals surface area contributed by atoms with E-state index in [1.54, 1.807) is 0 Å². The van der Waals surface area contributed by atoms with Gasteiger partial charge in [-0.1, -0.05) is 12.1 Å². The lowest BCUT2D eigenvalue weighted by molar-refractivity contribution is -0.139. The van der Waals surface area contributed by atoms with Crippen molar-refractivity contribution in [1.82, 2.24) is 14.5 Å². The van der Waals surface area contributed by atoms with Gasteiger partial charge in [-0.2, -0.15) is 22.6 Å². The van der Waals surface area contributed by atoms with Crippen LogP contribution in [-0.4, -0.2) is 49.1 Å². The summed E-state index contributed by atoms with van der Waals surface area (Å²) in [6, 6.07) is 6.28. The van der Waals surface area contributed by atoms with E-state index in [0.717, 1.165) is 41.4 Å². The lowest BCUT2D eigenvalue weighted by Gasteiger charge is -2.34. The molecule has 150 valence electrons. The van der Waals surface area contributed by atoms with E-state index in [-0.39, 0.29) is 13.1 Å². The van der Waals surface area contributed by atoms with Crippen LogP contribution in [0.25, 0.3) is 0 Å². The average Bonchev–Trinajstić information content (AvgIpc) is 3.15. The molecular formula is C18H19F3N4O2S. The number of hydrogen-bond acceptors (Lipinski definition) is 5. The van der Waals surface area contributed by atoms with Crippen molar-refractivity contribution in [3.05, 3.63) is 47.2 Å². The number of aryl methyl sites for hydroxylation is 2. The van der Waals surface area contributed by atoms with Gasteiger partial charge in [-0.05, 0) is 43.0 Å². The molecule has 0 radical (unpaired) electrons. The van der Waals surface area contributed by atoms with E-state index >= 15 is 0 Å². The standard InChI is InChI=1S/C18H19F3N4O2S/c19-18(20,21)14-5-1-2-7-16(14)28(26,27)25-10-8-24(9-11-25)17-12-13-4-3-6-15(13)22-23-17/h1-2,5,7,12H,3-4,6,8-11H2. The molecule has 28 heavy (non-hydrogen) atoms. The zero-order valence-corrected chi connectivity index (χ0v) is 15.8. The normalized spacial score (nSPS) is 18.3. The Hall–Kier alpha value is -2.20. The molecule has 1 aliphatic heterocycles. The third-order valence-corrected chi connectivity index (χ3v) is 7.14. The van der Waals surface area contributed by atoms with Gasteiger partial charge in [0.15, 0.2) is 5.82 Å². The number of benzene rings is 1. The van der Waals surface area contributed by atoms with Crippen LogP contribution < -0.4 is 4.90 Å². The SMILES string of the molecule is O=S(=O)(c1ccccc1C(F)(F)F)N1CCN(c2cc3c(nn2)CCC3)CC1. The summed E-state index contributed by atoms with van der Waals surface area (Å²) >= 11 is 0. The number of alkyl halides is 3. The van der Waals surface area contributed by atoms with E-state index in [4.69, 9.17) is 0 Å². The summed E-state index contributed by atoms with van der Waals surface area (Å²) in [7, 11) is -4.24. The molecule has 1 aromatic heterocycles. The number of hydrogen-bond donors (Lipinski definition) is 0. The largest absolute Gasteiger partial charge is 0.417 e. The zero-order chi connectivity index (χ0) is 19.9. The average molecular weight is 412 g/mol. The number of aromatic nitrogens is 2. The fraction of sp³-hybridized carbons (Fsp3) is 0.444. The molecule has 1 aliphatic carbocycles. The van der Waals surface area contributed by atoms with Gasteiger partial charge < -0.3 is 4.90 Å². The van der Waals surface area contributed by atoms with Crippen molar-refractivity contribution in [1.29, 1.82) is 0 Å². The van der Waals surface area contributed by atoms with E-state index in [1.807, 2.05) is 11.0 Å². The maximum atomic E-state index is 13.2. The van der Waals surface area contributed by atoms with Crippen molar-refractivity contribution < 1.29 is 21.6 Å². The van der Waals surface area contributed by atoms with Gasteiger partial charge in [0.25, 0.3) is 0 Å². The van der Waals surface area contributed by atoms with Gasteiger partial charge in [-0.15, -0.1) is 5.10 Å². The predicted molar refractivity (Wildman–Crippen MR) is 96.5 cm³/mol. The highest BCUT2D eigenvalue weighted by Gasteiger charge is 2.39. The number of halogens is 3. The highest BCUT2D eigenvalue weighted by molar-refractivity contribution is 7.89. The van der Waals surface area contributed by atoms with E-state index in [0.29, 0.717) is 18.9 Å². The molecule has 10 heteroatoms. The fourth-order valence-electron chi connectivity index (χ4n) is 3.69. The van der Waals surface area contributed by atoms with Gasteiger partial charge in [0.2, 0.25) is 10.0 Å². The first-order valence-corrected chi connectivity index (χ1v) is 10.5. The van der Waals surface area contributed by atoms with Gasteiger partial charge >= 0.3 is 6.18 Å². The van der Waals surface area contributed by atoms with Crippen LogP contribution in [0, 0.1) is 0 Å². The summed E-state index contributed by atoms with van der Waals surface area (Å²) < 4.78 is 66.5. The second-order valence-electron chi connectivity index (χ2n) is 6.91. The molecule has 1 fully saturated rings. The lowest BCUT2D eigenvalue weighted by atomic mass is 10.2. The molecule has 0 bridgehead atoms. The molecule has 4 rings (SSSR count). The highest BCUT2D eigenvalue weighted by atomic mass is 32.2. The van der Waals surface area contributed by atoms with E-state index in [9.17, 15) is 21.6 Å². The van der Waals surface area contributed by atoms with Gasteiger partial charge in [0.1, 0.15) is 0 Å². The molecule has 0 amide bonds. The number of nitrogens with zero attached hydrogens (tertiary/aromatic N) is 4. The second kappa shape index (κ2) is 7.00. The number of anilines is 1. The van der Waals surface area contributed by atoms with Crippen LogP contribution in [0.1, 0.15) is 23.2 Å². The molecule has 2 aromatic rings. The van der Waals surface area contributed by atoms with Crippen LogP contribution in [0.4, 0.5) is 19.0 Å². The summed E-state index contributed by atoms with van der Waals surface area (Å²) in [5.74, 6) is 0.688. The van der Waals surface area contributed by atoms with Gasteiger partial charge in [0, 0.05) is 26.2 Å². The topological polar surface area (TPSA) is 66.4 Å². The van der Waals surface area contributed by atoms with Crippen LogP contribution in [0.15, 0.2) is 35.2 Å². The maximum absolute atomic E-state index is 13.2. The third-order valence-electron chi connectivity index (χ3n) is 5.18. The van der Waals surface area contributed by atoms with Crippen molar-refractivity contribution in [2.45, 2.75) is 30.3 Å². The Morgan fingerprint density at radius 3 is 2.39 bits per heavy atom. The molecule has 0 N–H and O–H groups in total. The smallest absolute Gasteiger partial charge is 0.352 e. The Kier molecular flexibility index (Phi) is 4.78. The third kappa shape index (κ3) is 3.46. The van der Waals surface area contributed by atoms with Crippen LogP contribution in [0.5, 0.6) is 0 Å². The minimum Gasteiger partial charge on any atom is -0.352 e. The summed E-state index contributed by atoms with van der Waals surface area (Å²) in [5.41, 5.74) is 1.04. The second-order valence-corrected chi connectivity index (χ2v) is 8.82. The van der Waals surface area contributed by atoms with Crippen molar-refractivity contribution >= 4 is 15.8 Å². The number of rotatable bonds is 3. The Balaban J connectivity index is 1.52. The van der Waals surface area contributed by atoms with Crippen LogP contribution in [-0.2, 0) is 29.0 Å². The molecule has 2 aliphatic rings. The first-order valence-electron chi connectivity index (χ1n) is 9.03. The van der Waals surface area contributed by atoms with E-state index in [2.05, 4.69) is 10.2 Å². The molecule has 6 nitrogen and oxygen atoms in total. The molecule has 0 saturated carbocycles. The van der Waals surface area contributed by atoms with Crippen molar-refractivity contribution in [3.8, 4) is 0 Å². The molecule has 2 heterocycles. The molecule has 0 unspecified atom stereocenters. The Labute approximate surface area is 161 Å². The summed E-state index contributed by atoms with van der Waals surface area (Å²) in [5, 5.41) is 8.46. The van der Waals surface area contributed by atoms with Gasteiger partial charge in [-0.3, -0.25) is 0 Å². The molecule has 1 aromatic carbocycles. The fourth-order valence-corrected chi connectivity index (χ4v) is 5.33. The number of fused-ring (bicyclic) bond motifs is 1. The monoisotopic (exact) mass is 412 g/mol. The Morgan fingerprint density at radius 1 is 0.964 bits per heavy atom. The maximum Gasteiger partial charge on any atom is 0.417 e. The quantitative estimate of drug-likeness (QED) is 0.775. The van der Waals surface area contributed by atoms with Crippen molar-refractivity contribution in [2.24, 2.45) is 0 Å². The summed E-state index contributed by atoms with van der Waals surface area (Å²) in [6.07, 6.45) is -1.79. The first-order chi connectivity index (χ1) is 13.3. The molecular weight excluding hydrogens is 393 g/mol. The minimum atomic E-state index is -4.73. The van der Waals surface area contributed by atoms with Crippen LogP contribution in [0.2, 0.25) is 0 Å². The Bertz CT molecular complexity index is 987. The van der Waals surface area contributed by atoms with E-state index in [1.165, 1.54) is 17.7 Å². The number of piperazine rings is 1. The lowest BCUT2D eigenvalue weighted by Crippen LogP contribution is -2.49. The first kappa shape index (κ1) is 19.1. The Morgan fingerprint density at radius 2 is 1.68 bits per heavy atom. The van der Waals surface area contributed by atoms with Gasteiger partial charge in [-0.25, -0.2) is 8.42 Å². The summed E-state index contributed by atoms with van der Waals surface area (Å²) in [4.78, 5) is 1.22. The van der Waals surface area contributed by atoms with Crippen molar-refractivity contribution in [3.63, 3.8) is 0 Å². The number of sulfonamides is 1. The van der Waals surface area contributed by atoms with Gasteiger partial charge in [0.05, 0.1) is 16.2 Å². The van der Waals surface area contributed by atoms with E-state index < -0.39 is 26.7 Å². The highest BCUT2D eigenvalue weighted by Crippen LogP contribution is 2.35. The minimum absolute atomic E-state index is 0.0906. The zero-order valence-electron chi connectivity index (χ0n) is 15.0. The van der Waals surface area contributed by atoms with Crippen LogP contribution >= 0.6 is 0 Å². The molecule has 0 atom stereocenters.